The van der Waals surface area contributed by atoms with Gasteiger partial charge in [-0.05, 0) is 54.5 Å². The Hall–Kier alpha value is -8.50. The van der Waals surface area contributed by atoms with Crippen molar-refractivity contribution in [1.82, 2.24) is 46.4 Å². The molecular formula is C65H82FN9O21. The molecule has 0 saturated heterocycles. The van der Waals surface area contributed by atoms with E-state index < -0.39 is 103 Å². The highest BCUT2D eigenvalue weighted by Crippen LogP contribution is 2.46. The van der Waals surface area contributed by atoms with E-state index in [0.717, 1.165) is 10.5 Å². The summed E-state index contributed by atoms with van der Waals surface area (Å²) < 4.78 is 71.2. The maximum atomic E-state index is 15.4. The highest BCUT2D eigenvalue weighted by atomic mass is 19.1. The molecule has 0 saturated carbocycles. The first-order valence-electron chi connectivity index (χ1n) is 31.7. The number of benzene rings is 2. The zero-order chi connectivity index (χ0) is 68.4. The number of nitrogens with one attached hydrogen (secondary N) is 6. The first-order valence-corrected chi connectivity index (χ1v) is 31.7. The van der Waals surface area contributed by atoms with Crippen molar-refractivity contribution in [2.24, 2.45) is 0 Å². The van der Waals surface area contributed by atoms with Gasteiger partial charge < -0.3 is 88.9 Å². The van der Waals surface area contributed by atoms with Crippen LogP contribution in [0, 0.1) is 12.7 Å². The van der Waals surface area contributed by atoms with Gasteiger partial charge in [-0.3, -0.25) is 48.1 Å². The minimum atomic E-state index is -2.06. The van der Waals surface area contributed by atoms with Gasteiger partial charge in [-0.25, -0.2) is 14.2 Å². The third kappa shape index (κ3) is 20.5. The number of aryl methyl sites for hydroxylation is 1. The van der Waals surface area contributed by atoms with Crippen LogP contribution in [0.2, 0.25) is 0 Å². The third-order valence-electron chi connectivity index (χ3n) is 16.0. The number of halogens is 1. The van der Waals surface area contributed by atoms with Gasteiger partial charge in [0.05, 0.1) is 167 Å². The van der Waals surface area contributed by atoms with Gasteiger partial charge in [0.2, 0.25) is 35.4 Å². The van der Waals surface area contributed by atoms with E-state index in [1.54, 1.807) is 50.2 Å². The summed E-state index contributed by atoms with van der Waals surface area (Å²) in [5.74, 6) is -5.82. The summed E-state index contributed by atoms with van der Waals surface area (Å²) in [6.45, 7) is 6.05. The van der Waals surface area contributed by atoms with E-state index in [4.69, 9.17) is 52.4 Å². The molecule has 3 atom stereocenters. The molecule has 2 aromatic heterocycles. The molecule has 30 nitrogen and oxygen atoms in total. The molecule has 8 amide bonds. The van der Waals surface area contributed by atoms with Crippen LogP contribution in [-0.2, 0) is 122 Å². The number of rotatable bonds is 43. The Morgan fingerprint density at radius 3 is 1.85 bits per heavy atom. The fraction of sp³-hybridized carbons (Fsp3) is 0.523. The van der Waals surface area contributed by atoms with Gasteiger partial charge in [0.1, 0.15) is 31.8 Å². The van der Waals surface area contributed by atoms with Crippen LogP contribution in [0.5, 0.6) is 0 Å². The molecule has 7 N–H and O–H groups in total. The molecule has 4 aliphatic rings. The fourth-order valence-corrected chi connectivity index (χ4v) is 11.0. The Morgan fingerprint density at radius 2 is 1.24 bits per heavy atom. The number of aliphatic hydroxyl groups is 1. The number of hydrogen-bond acceptors (Lipinski definition) is 22. The van der Waals surface area contributed by atoms with Crippen LogP contribution >= 0.6 is 0 Å². The second-order valence-corrected chi connectivity index (χ2v) is 22.5. The number of fused-ring (bicyclic) bond motifs is 5. The molecule has 0 fully saturated rings. The average molecular weight is 1340 g/mol. The number of imide groups is 1. The van der Waals surface area contributed by atoms with Gasteiger partial charge in [0.15, 0.2) is 5.60 Å². The summed E-state index contributed by atoms with van der Waals surface area (Å²) in [7, 11) is 0. The summed E-state index contributed by atoms with van der Waals surface area (Å²) in [6, 6.07) is 9.82. The summed E-state index contributed by atoms with van der Waals surface area (Å²) in [4.78, 5) is 133. The minimum Gasteiger partial charge on any atom is -0.458 e. The largest absolute Gasteiger partial charge is 0.458 e. The number of aromatic nitrogens is 2. The Labute approximate surface area is 551 Å². The summed E-state index contributed by atoms with van der Waals surface area (Å²) >= 11 is 0. The van der Waals surface area contributed by atoms with Crippen molar-refractivity contribution in [3.05, 3.63) is 110 Å². The molecule has 5 heterocycles. The van der Waals surface area contributed by atoms with E-state index in [2.05, 4.69) is 31.9 Å². The number of hydrogen-bond donors (Lipinski definition) is 7. The van der Waals surface area contributed by atoms with Gasteiger partial charge >= 0.3 is 5.97 Å². The van der Waals surface area contributed by atoms with Crippen LogP contribution in [0.15, 0.2) is 59.4 Å². The second-order valence-electron chi connectivity index (χ2n) is 22.5. The number of carbonyl (C=O) groups excluding carboxylic acids is 9. The van der Waals surface area contributed by atoms with Gasteiger partial charge in [-0.15, -0.1) is 0 Å². The van der Waals surface area contributed by atoms with Crippen LogP contribution in [0.4, 0.5) is 4.39 Å². The lowest BCUT2D eigenvalue weighted by atomic mass is 9.81. The fourth-order valence-electron chi connectivity index (χ4n) is 11.0. The van der Waals surface area contributed by atoms with Crippen molar-refractivity contribution in [2.45, 2.75) is 76.8 Å². The zero-order valence-electron chi connectivity index (χ0n) is 53.7. The van der Waals surface area contributed by atoms with E-state index >= 15 is 4.39 Å². The molecule has 31 heteroatoms. The van der Waals surface area contributed by atoms with Crippen molar-refractivity contribution in [3.8, 4) is 11.4 Å². The van der Waals surface area contributed by atoms with Crippen molar-refractivity contribution in [2.75, 3.05) is 145 Å². The van der Waals surface area contributed by atoms with E-state index in [1.165, 1.54) is 22.8 Å². The standard InChI is InChI=1S/C65H82FN9O21/c1-3-65(86)46-32-51-61-44(37-75(51)63(84)45(46)38-96-64(65)85)60-48(10-9-43-41(2)47(66)33-49(73-61)59(43)60)71-56(80)39-95-40-70-54(78)35-69-62(83)50(31-42-7-5-4-6-8-42)72-55(79)36-68-53(77)34-67-52(76)13-15-87-17-19-89-21-23-91-25-27-93-29-30-94-28-26-92-24-22-90-20-18-88-16-14-74-57(81)11-12-58(74)82/h4-8,11-12,32-33,48,50,86H,3,9-10,13-31,34-40H2,1-2H3,(H,67,76)(H,68,77)(H,69,83)(H,70,78)(H,71,80)(H,72,79)/t48-,50-,65-/m1/s1. The smallest absolute Gasteiger partial charge is 0.343 e. The topological polar surface area (TPSA) is 376 Å². The van der Waals surface area contributed by atoms with E-state index in [-0.39, 0.29) is 88.3 Å². The first-order chi connectivity index (χ1) is 46.5. The second kappa shape index (κ2) is 37.1. The van der Waals surface area contributed by atoms with Crippen molar-refractivity contribution >= 4 is 64.1 Å². The SMILES string of the molecule is CC[C@]1(O)C(=O)OCc2c1cc1n(c2=O)Cc2c-1nc1cc(F)c(C)c3c1c2[C@H](NC(=O)COCNC(=O)CNC(=O)[C@@H](Cc1ccccc1)NC(=O)CNC(=O)CNC(=O)CCOCCOCCOCCOCCOCCOCCOCCOCCN1C(=O)C=CC1=O)CC3. The third-order valence-corrected chi connectivity index (χ3v) is 16.0. The lowest BCUT2D eigenvalue weighted by Gasteiger charge is -2.31. The highest BCUT2D eigenvalue weighted by Gasteiger charge is 2.46. The summed E-state index contributed by atoms with van der Waals surface area (Å²) in [6.07, 6.45) is 3.16. The van der Waals surface area contributed by atoms with E-state index in [0.29, 0.717) is 137 Å². The Bertz CT molecular complexity index is 3500. The number of ether oxygens (including phenoxy) is 10. The normalized spacial score (nSPS) is 16.2. The summed E-state index contributed by atoms with van der Waals surface area (Å²) in [5.41, 5.74) is 1.79. The molecule has 0 spiro atoms. The minimum absolute atomic E-state index is 0.0294. The van der Waals surface area contributed by atoms with Crippen LogP contribution in [0.1, 0.15) is 71.2 Å². The number of cyclic esters (lactones) is 1. The Kier molecular flexibility index (Phi) is 28.4. The molecule has 4 aromatic rings. The molecule has 3 aliphatic heterocycles. The number of carbonyl (C=O) groups is 9. The molecule has 0 radical (unpaired) electrons. The highest BCUT2D eigenvalue weighted by molar-refractivity contribution is 6.12. The van der Waals surface area contributed by atoms with Gasteiger partial charge in [-0.1, -0.05) is 37.3 Å². The van der Waals surface area contributed by atoms with Crippen LogP contribution in [-0.4, -0.2) is 224 Å². The molecule has 96 heavy (non-hydrogen) atoms. The number of esters is 1. The molecule has 2 aromatic carbocycles. The zero-order valence-corrected chi connectivity index (χ0v) is 53.7. The van der Waals surface area contributed by atoms with E-state index in [9.17, 15) is 53.1 Å². The van der Waals surface area contributed by atoms with Crippen molar-refractivity contribution in [3.63, 3.8) is 0 Å². The molecule has 8 rings (SSSR count). The van der Waals surface area contributed by atoms with Crippen LogP contribution < -0.4 is 37.5 Å². The van der Waals surface area contributed by atoms with Crippen LogP contribution in [0.3, 0.4) is 0 Å². The maximum absolute atomic E-state index is 15.4. The average Bonchev–Trinajstić information content (AvgIpc) is 1.48. The molecular weight excluding hydrogens is 1260 g/mol. The van der Waals surface area contributed by atoms with Crippen molar-refractivity contribution < 1.29 is 100 Å². The quantitative estimate of drug-likeness (QED) is 0.0109. The van der Waals surface area contributed by atoms with Crippen LogP contribution in [0.25, 0.3) is 22.3 Å². The number of nitrogens with zero attached hydrogens (tertiary/aromatic N) is 3. The molecule has 520 valence electrons. The van der Waals surface area contributed by atoms with E-state index in [1.807, 2.05) is 0 Å². The number of pyridine rings is 2. The molecule has 0 bridgehead atoms. The van der Waals surface area contributed by atoms with Gasteiger partial charge in [0.25, 0.3) is 17.4 Å². The predicted molar refractivity (Wildman–Crippen MR) is 336 cm³/mol. The number of amides is 8. The maximum Gasteiger partial charge on any atom is 0.343 e. The lowest BCUT2D eigenvalue weighted by molar-refractivity contribution is -0.172. The summed E-state index contributed by atoms with van der Waals surface area (Å²) in [5, 5.41) is 27.4. The van der Waals surface area contributed by atoms with Gasteiger partial charge in [0, 0.05) is 47.6 Å². The first kappa shape index (κ1) is 73.3. The predicted octanol–water partition coefficient (Wildman–Crippen LogP) is -0.755. The Morgan fingerprint density at radius 1 is 0.677 bits per heavy atom. The molecule has 0 unspecified atom stereocenters. The Balaban J connectivity index is 0.639. The lowest BCUT2D eigenvalue weighted by Crippen LogP contribution is -2.52. The molecule has 1 aliphatic carbocycles. The van der Waals surface area contributed by atoms with Gasteiger partial charge in [-0.2, -0.15) is 0 Å². The monoisotopic (exact) mass is 1340 g/mol. The van der Waals surface area contributed by atoms with Crippen molar-refractivity contribution in [1.29, 1.82) is 0 Å².